The molecule has 1 unspecified atom stereocenters. The van der Waals surface area contributed by atoms with Gasteiger partial charge in [0.1, 0.15) is 0 Å². The zero-order valence-corrected chi connectivity index (χ0v) is 16.0. The van der Waals surface area contributed by atoms with E-state index < -0.39 is 18.0 Å². The Hall–Kier alpha value is -2.84. The number of halogens is 3. The third-order valence-electron chi connectivity index (χ3n) is 5.75. The van der Waals surface area contributed by atoms with Crippen LogP contribution in [0.5, 0.6) is 0 Å². The van der Waals surface area contributed by atoms with Crippen molar-refractivity contribution in [3.05, 3.63) is 46.7 Å². The van der Waals surface area contributed by atoms with E-state index in [0.717, 1.165) is 26.7 Å². The Labute approximate surface area is 159 Å². The van der Waals surface area contributed by atoms with Crippen LogP contribution in [0.15, 0.2) is 18.2 Å². The lowest BCUT2D eigenvalue weighted by atomic mass is 10.1. The van der Waals surface area contributed by atoms with Crippen molar-refractivity contribution in [1.82, 2.24) is 24.2 Å². The molecule has 3 heterocycles. The van der Waals surface area contributed by atoms with Crippen LogP contribution in [-0.4, -0.2) is 36.7 Å². The Kier molecular flexibility index (Phi) is 4.02. The van der Waals surface area contributed by atoms with Crippen LogP contribution in [0.3, 0.4) is 0 Å². The molecule has 0 saturated carbocycles. The zero-order chi connectivity index (χ0) is 20.4. The summed E-state index contributed by atoms with van der Waals surface area (Å²) in [7, 11) is 1.98. The van der Waals surface area contributed by atoms with Crippen LogP contribution in [0, 0.1) is 13.8 Å². The maximum absolute atomic E-state index is 13.1. The van der Waals surface area contributed by atoms with Gasteiger partial charge in [-0.2, -0.15) is 13.2 Å². The summed E-state index contributed by atoms with van der Waals surface area (Å²) in [6.07, 6.45) is -4.56. The van der Waals surface area contributed by atoms with Gasteiger partial charge in [0.05, 0.1) is 6.04 Å². The second-order valence-electron chi connectivity index (χ2n) is 7.21. The number of hydrogen-bond donors (Lipinski definition) is 0. The second-order valence-corrected chi connectivity index (χ2v) is 7.21. The molecule has 1 aromatic carbocycles. The van der Waals surface area contributed by atoms with Gasteiger partial charge in [-0.05, 0) is 44.5 Å². The minimum atomic E-state index is -4.56. The number of nitrogens with zero attached hydrogens (tertiary/aromatic N) is 5. The summed E-state index contributed by atoms with van der Waals surface area (Å²) in [5.41, 5.74) is 3.77. The molecule has 9 heteroatoms. The van der Waals surface area contributed by atoms with Crippen LogP contribution >= 0.6 is 0 Å². The molecule has 0 saturated heterocycles. The highest BCUT2D eigenvalue weighted by atomic mass is 19.4. The monoisotopic (exact) mass is 391 g/mol. The molecule has 0 aliphatic carbocycles. The lowest BCUT2D eigenvalue weighted by molar-refractivity contribution is -0.148. The van der Waals surface area contributed by atoms with Crippen molar-refractivity contribution < 1.29 is 18.0 Å². The Balaban J connectivity index is 1.69. The van der Waals surface area contributed by atoms with E-state index in [-0.39, 0.29) is 24.8 Å². The van der Waals surface area contributed by atoms with Crippen molar-refractivity contribution in [2.24, 2.45) is 7.05 Å². The number of carbonyl (C=O) groups excluding carboxylic acids is 1. The lowest BCUT2D eigenvalue weighted by Gasteiger charge is -2.34. The summed E-state index contributed by atoms with van der Waals surface area (Å²) in [6, 6.07) is 4.92. The molecule has 2 aromatic heterocycles. The van der Waals surface area contributed by atoms with E-state index in [0.29, 0.717) is 5.56 Å². The number of carbonyl (C=O) groups is 1. The molecule has 1 atom stereocenters. The van der Waals surface area contributed by atoms with Crippen molar-refractivity contribution >= 4 is 16.8 Å². The molecule has 0 spiro atoms. The summed E-state index contributed by atoms with van der Waals surface area (Å²) < 4.78 is 42.3. The highest BCUT2D eigenvalue weighted by molar-refractivity contribution is 5.99. The number of fused-ring (bicyclic) bond motifs is 2. The average Bonchev–Trinajstić information content (AvgIpc) is 3.18. The number of alkyl halides is 3. The maximum Gasteiger partial charge on any atom is 0.451 e. The van der Waals surface area contributed by atoms with Crippen LogP contribution in [0.1, 0.15) is 46.2 Å². The van der Waals surface area contributed by atoms with Crippen molar-refractivity contribution in [1.29, 1.82) is 0 Å². The van der Waals surface area contributed by atoms with Gasteiger partial charge in [0.25, 0.3) is 5.91 Å². The van der Waals surface area contributed by atoms with Crippen molar-refractivity contribution in [3.63, 3.8) is 0 Å². The predicted molar refractivity (Wildman–Crippen MR) is 96.9 cm³/mol. The summed E-state index contributed by atoms with van der Waals surface area (Å²) in [6.45, 7) is 5.89. The number of amides is 1. The van der Waals surface area contributed by atoms with Gasteiger partial charge in [0.15, 0.2) is 5.82 Å². The van der Waals surface area contributed by atoms with Crippen molar-refractivity contribution in [2.75, 3.05) is 6.54 Å². The summed E-state index contributed by atoms with van der Waals surface area (Å²) in [5, 5.41) is 8.00. The minimum absolute atomic E-state index is 0.0129. The summed E-state index contributed by atoms with van der Waals surface area (Å²) >= 11 is 0. The van der Waals surface area contributed by atoms with E-state index in [1.165, 1.54) is 0 Å². The van der Waals surface area contributed by atoms with Gasteiger partial charge in [-0.15, -0.1) is 10.2 Å². The molecule has 1 amide bonds. The molecule has 0 bridgehead atoms. The van der Waals surface area contributed by atoms with E-state index in [9.17, 15) is 18.0 Å². The van der Waals surface area contributed by atoms with Crippen LogP contribution in [-0.2, 0) is 19.8 Å². The number of aromatic nitrogens is 4. The number of aryl methyl sites for hydroxylation is 2. The molecule has 4 rings (SSSR count). The smallest absolute Gasteiger partial charge is 0.348 e. The van der Waals surface area contributed by atoms with Crippen LogP contribution in [0.2, 0.25) is 0 Å². The van der Waals surface area contributed by atoms with Crippen LogP contribution < -0.4 is 0 Å². The standard InChI is InChI=1S/C19H20F3N5O/c1-10-11(2)25(4)15-6-5-13(9-14(10)15)17(28)26-7-8-27-16(12(26)3)23-24-18(27)19(20,21)22/h5-6,9,12H,7-8H2,1-4H3. The SMILES string of the molecule is Cc1c(C)n(C)c2ccc(C(=O)N3CCn4c(nnc4C(F)(F)F)C3C)cc12. The van der Waals surface area contributed by atoms with Gasteiger partial charge in [-0.1, -0.05) is 0 Å². The molecule has 0 N–H and O–H groups in total. The molecule has 0 fully saturated rings. The topological polar surface area (TPSA) is 56.0 Å². The molecule has 1 aliphatic heterocycles. The van der Waals surface area contributed by atoms with Gasteiger partial charge < -0.3 is 14.0 Å². The first-order valence-corrected chi connectivity index (χ1v) is 8.98. The van der Waals surface area contributed by atoms with E-state index in [1.807, 2.05) is 33.0 Å². The number of rotatable bonds is 1. The van der Waals surface area contributed by atoms with Gasteiger partial charge in [-0.25, -0.2) is 0 Å². The summed E-state index contributed by atoms with van der Waals surface area (Å²) in [5.74, 6) is -1.09. The lowest BCUT2D eigenvalue weighted by Crippen LogP contribution is -2.42. The third kappa shape index (κ3) is 2.60. The van der Waals surface area contributed by atoms with Gasteiger partial charge >= 0.3 is 6.18 Å². The quantitative estimate of drug-likeness (QED) is 0.637. The maximum atomic E-state index is 13.1. The Morgan fingerprint density at radius 3 is 2.57 bits per heavy atom. The largest absolute Gasteiger partial charge is 0.451 e. The van der Waals surface area contributed by atoms with Gasteiger partial charge in [0, 0.05) is 42.3 Å². The average molecular weight is 391 g/mol. The van der Waals surface area contributed by atoms with E-state index in [2.05, 4.69) is 14.8 Å². The first kappa shape index (κ1) is 18.5. The molecule has 0 radical (unpaired) electrons. The molecule has 1 aliphatic rings. The van der Waals surface area contributed by atoms with E-state index in [1.54, 1.807) is 17.9 Å². The molecular formula is C19H20F3N5O. The highest BCUT2D eigenvalue weighted by Crippen LogP contribution is 2.33. The van der Waals surface area contributed by atoms with Crippen LogP contribution in [0.4, 0.5) is 13.2 Å². The highest BCUT2D eigenvalue weighted by Gasteiger charge is 2.41. The first-order valence-electron chi connectivity index (χ1n) is 8.98. The first-order chi connectivity index (χ1) is 13.1. The molecule has 148 valence electrons. The van der Waals surface area contributed by atoms with E-state index >= 15 is 0 Å². The Morgan fingerprint density at radius 1 is 1.18 bits per heavy atom. The van der Waals surface area contributed by atoms with Gasteiger partial charge in [0.2, 0.25) is 5.82 Å². The minimum Gasteiger partial charge on any atom is -0.348 e. The Morgan fingerprint density at radius 2 is 1.89 bits per heavy atom. The summed E-state index contributed by atoms with van der Waals surface area (Å²) in [4.78, 5) is 14.7. The molecular weight excluding hydrogens is 371 g/mol. The molecule has 28 heavy (non-hydrogen) atoms. The number of hydrogen-bond acceptors (Lipinski definition) is 3. The van der Waals surface area contributed by atoms with Crippen molar-refractivity contribution in [2.45, 2.75) is 39.5 Å². The normalized spacial score (nSPS) is 17.2. The van der Waals surface area contributed by atoms with Crippen LogP contribution in [0.25, 0.3) is 10.9 Å². The fourth-order valence-electron chi connectivity index (χ4n) is 3.93. The van der Waals surface area contributed by atoms with E-state index in [4.69, 9.17) is 0 Å². The van der Waals surface area contributed by atoms with Crippen molar-refractivity contribution in [3.8, 4) is 0 Å². The molecule has 6 nitrogen and oxygen atoms in total. The van der Waals surface area contributed by atoms with Gasteiger partial charge in [-0.3, -0.25) is 4.79 Å². The number of benzene rings is 1. The fraction of sp³-hybridized carbons (Fsp3) is 0.421. The third-order valence-corrected chi connectivity index (χ3v) is 5.75. The zero-order valence-electron chi connectivity index (χ0n) is 16.0. The predicted octanol–water partition coefficient (Wildman–Crippen LogP) is 3.62. The Bertz CT molecular complexity index is 1100. The molecule has 3 aromatic rings. The fourth-order valence-corrected chi connectivity index (χ4v) is 3.93. The second kappa shape index (κ2) is 6.08.